The molecule has 0 amide bonds. The van der Waals surface area contributed by atoms with Gasteiger partial charge in [0.25, 0.3) is 0 Å². The lowest BCUT2D eigenvalue weighted by atomic mass is 10.2. The van der Waals surface area contributed by atoms with E-state index in [1.54, 1.807) is 23.3 Å². The van der Waals surface area contributed by atoms with Crippen LogP contribution in [0.1, 0.15) is 11.1 Å². The predicted octanol–water partition coefficient (Wildman–Crippen LogP) is 3.27. The monoisotopic (exact) mass is 309 g/mol. The third-order valence-corrected chi connectivity index (χ3v) is 3.45. The van der Waals surface area contributed by atoms with Crippen LogP contribution in [0.25, 0.3) is 0 Å². The van der Waals surface area contributed by atoms with E-state index in [9.17, 15) is 0 Å². The van der Waals surface area contributed by atoms with Crippen molar-refractivity contribution in [1.29, 1.82) is 5.26 Å². The van der Waals surface area contributed by atoms with Gasteiger partial charge in [-0.3, -0.25) is 5.01 Å². The number of halogens is 1. The molecule has 22 heavy (non-hydrogen) atoms. The highest BCUT2D eigenvalue weighted by molar-refractivity contribution is 6.30. The standard InChI is InChI=1S/C16H12ClN5/c17-15-5-1-14(2-6-15)10-21(22-12-19-11-20-22)16-7-3-13(9-18)4-8-16/h1-8,11-12H,10H2. The zero-order valence-electron chi connectivity index (χ0n) is 11.6. The van der Waals surface area contributed by atoms with Gasteiger partial charge in [-0.25, -0.2) is 4.98 Å². The van der Waals surface area contributed by atoms with E-state index >= 15 is 0 Å². The Bertz CT molecular complexity index is 773. The molecule has 0 N–H and O–H groups in total. The number of hydrogen-bond donors (Lipinski definition) is 0. The highest BCUT2D eigenvalue weighted by atomic mass is 35.5. The molecule has 0 fully saturated rings. The Morgan fingerprint density at radius 3 is 2.41 bits per heavy atom. The summed E-state index contributed by atoms with van der Waals surface area (Å²) in [6.07, 6.45) is 3.12. The van der Waals surface area contributed by atoms with Gasteiger partial charge < -0.3 is 0 Å². The first-order valence-electron chi connectivity index (χ1n) is 6.63. The fraction of sp³-hybridized carbons (Fsp3) is 0.0625. The molecule has 3 aromatic rings. The maximum atomic E-state index is 8.91. The SMILES string of the molecule is N#Cc1ccc(N(Cc2ccc(Cl)cc2)n2cncn2)cc1. The molecule has 1 heterocycles. The molecule has 3 rings (SSSR count). The minimum absolute atomic E-state index is 0.604. The zero-order valence-corrected chi connectivity index (χ0v) is 12.4. The lowest BCUT2D eigenvalue weighted by Crippen LogP contribution is -2.29. The first-order chi connectivity index (χ1) is 10.8. The van der Waals surface area contributed by atoms with Crippen molar-refractivity contribution in [2.75, 3.05) is 5.01 Å². The quantitative estimate of drug-likeness (QED) is 0.742. The third-order valence-electron chi connectivity index (χ3n) is 3.19. The average molecular weight is 310 g/mol. The Hall–Kier alpha value is -2.84. The molecule has 1 aromatic heterocycles. The smallest absolute Gasteiger partial charge is 0.139 e. The molecular weight excluding hydrogens is 298 g/mol. The lowest BCUT2D eigenvalue weighted by molar-refractivity contribution is 0.610. The van der Waals surface area contributed by atoms with Gasteiger partial charge in [-0.15, -0.1) is 5.10 Å². The summed E-state index contributed by atoms with van der Waals surface area (Å²) in [4.78, 5) is 5.66. The number of aromatic nitrogens is 3. The fourth-order valence-corrected chi connectivity index (χ4v) is 2.21. The van der Waals surface area contributed by atoms with E-state index < -0.39 is 0 Å². The lowest BCUT2D eigenvalue weighted by Gasteiger charge is -2.24. The summed E-state index contributed by atoms with van der Waals surface area (Å²) >= 11 is 5.93. The van der Waals surface area contributed by atoms with Gasteiger partial charge in [-0.2, -0.15) is 10.1 Å². The Kier molecular flexibility index (Phi) is 4.03. The van der Waals surface area contributed by atoms with Crippen LogP contribution in [-0.4, -0.2) is 14.9 Å². The summed E-state index contributed by atoms with van der Waals surface area (Å²) in [5.41, 5.74) is 2.62. The molecule has 6 heteroatoms. The molecule has 0 aliphatic heterocycles. The summed E-state index contributed by atoms with van der Waals surface area (Å²) in [6.45, 7) is 0.604. The molecule has 2 aromatic carbocycles. The van der Waals surface area contributed by atoms with Gasteiger partial charge in [0.15, 0.2) is 0 Å². The number of anilines is 1. The number of nitrogens with zero attached hydrogens (tertiary/aromatic N) is 5. The zero-order chi connectivity index (χ0) is 15.4. The van der Waals surface area contributed by atoms with E-state index in [1.807, 2.05) is 41.4 Å². The van der Waals surface area contributed by atoms with Crippen molar-refractivity contribution in [3.8, 4) is 6.07 Å². The van der Waals surface area contributed by atoms with Gasteiger partial charge in [-0.1, -0.05) is 23.7 Å². The molecule has 0 unspecified atom stereocenters. The van der Waals surface area contributed by atoms with E-state index in [4.69, 9.17) is 16.9 Å². The second-order valence-electron chi connectivity index (χ2n) is 4.66. The van der Waals surface area contributed by atoms with Crippen LogP contribution in [0, 0.1) is 11.3 Å². The minimum atomic E-state index is 0.604. The van der Waals surface area contributed by atoms with Crippen LogP contribution in [-0.2, 0) is 6.54 Å². The van der Waals surface area contributed by atoms with Gasteiger partial charge in [0, 0.05) is 5.02 Å². The van der Waals surface area contributed by atoms with Crippen molar-refractivity contribution in [1.82, 2.24) is 14.9 Å². The normalized spacial score (nSPS) is 10.2. The summed E-state index contributed by atoms with van der Waals surface area (Å²) in [5.74, 6) is 0. The Balaban J connectivity index is 1.93. The first-order valence-corrected chi connectivity index (χ1v) is 7.01. The number of nitriles is 1. The topological polar surface area (TPSA) is 57.7 Å². The van der Waals surface area contributed by atoms with Crippen molar-refractivity contribution in [3.63, 3.8) is 0 Å². The number of hydrogen-bond acceptors (Lipinski definition) is 4. The third kappa shape index (κ3) is 3.08. The van der Waals surface area contributed by atoms with Crippen molar-refractivity contribution in [3.05, 3.63) is 77.3 Å². The Morgan fingerprint density at radius 1 is 1.09 bits per heavy atom. The molecule has 0 saturated heterocycles. The van der Waals surface area contributed by atoms with Crippen LogP contribution in [0.5, 0.6) is 0 Å². The highest BCUT2D eigenvalue weighted by Crippen LogP contribution is 2.19. The van der Waals surface area contributed by atoms with Crippen molar-refractivity contribution >= 4 is 17.3 Å². The molecule has 0 aliphatic carbocycles. The van der Waals surface area contributed by atoms with Gasteiger partial charge in [0.1, 0.15) is 12.7 Å². The van der Waals surface area contributed by atoms with Crippen molar-refractivity contribution < 1.29 is 0 Å². The second kappa shape index (κ2) is 6.29. The molecule has 0 bridgehead atoms. The fourth-order valence-electron chi connectivity index (χ4n) is 2.08. The van der Waals surface area contributed by atoms with Crippen LogP contribution in [0.15, 0.2) is 61.2 Å². The summed E-state index contributed by atoms with van der Waals surface area (Å²) in [6, 6.07) is 17.1. The molecule has 0 atom stereocenters. The molecule has 5 nitrogen and oxygen atoms in total. The molecule has 0 spiro atoms. The predicted molar refractivity (Wildman–Crippen MR) is 84.2 cm³/mol. The summed E-state index contributed by atoms with van der Waals surface area (Å²) in [7, 11) is 0. The minimum Gasteiger partial charge on any atom is -0.260 e. The molecular formula is C16H12ClN5. The van der Waals surface area contributed by atoms with Crippen molar-refractivity contribution in [2.45, 2.75) is 6.54 Å². The number of benzene rings is 2. The molecule has 0 radical (unpaired) electrons. The van der Waals surface area contributed by atoms with Crippen LogP contribution >= 0.6 is 11.6 Å². The van der Waals surface area contributed by atoms with E-state index in [-0.39, 0.29) is 0 Å². The molecule has 108 valence electrons. The van der Waals surface area contributed by atoms with Crippen LogP contribution in [0.3, 0.4) is 0 Å². The first kappa shape index (κ1) is 14.1. The molecule has 0 aliphatic rings. The maximum absolute atomic E-state index is 8.91. The van der Waals surface area contributed by atoms with Crippen LogP contribution in [0.2, 0.25) is 5.02 Å². The van der Waals surface area contributed by atoms with E-state index in [0.29, 0.717) is 17.1 Å². The van der Waals surface area contributed by atoms with Gasteiger partial charge in [0.2, 0.25) is 0 Å². The van der Waals surface area contributed by atoms with Crippen LogP contribution < -0.4 is 5.01 Å². The van der Waals surface area contributed by atoms with E-state index in [2.05, 4.69) is 16.2 Å². The Morgan fingerprint density at radius 2 is 1.82 bits per heavy atom. The number of rotatable bonds is 4. The van der Waals surface area contributed by atoms with Gasteiger partial charge in [-0.05, 0) is 42.0 Å². The summed E-state index contributed by atoms with van der Waals surface area (Å²) < 4.78 is 0. The largest absolute Gasteiger partial charge is 0.260 e. The maximum Gasteiger partial charge on any atom is 0.139 e. The van der Waals surface area contributed by atoms with E-state index in [0.717, 1.165) is 11.3 Å². The second-order valence-corrected chi connectivity index (χ2v) is 5.10. The van der Waals surface area contributed by atoms with Gasteiger partial charge >= 0.3 is 0 Å². The summed E-state index contributed by atoms with van der Waals surface area (Å²) in [5, 5.41) is 15.8. The van der Waals surface area contributed by atoms with E-state index in [1.165, 1.54) is 6.33 Å². The van der Waals surface area contributed by atoms with Gasteiger partial charge in [0.05, 0.1) is 23.9 Å². The van der Waals surface area contributed by atoms with Crippen LogP contribution in [0.4, 0.5) is 5.69 Å². The highest BCUT2D eigenvalue weighted by Gasteiger charge is 2.10. The van der Waals surface area contributed by atoms with Crippen molar-refractivity contribution in [2.24, 2.45) is 0 Å². The Labute approximate surface area is 133 Å². The molecule has 0 saturated carbocycles. The average Bonchev–Trinajstić information content (AvgIpc) is 3.09.